The number of aryl methyl sites for hydroxylation is 2. The van der Waals surface area contributed by atoms with Crippen LogP contribution in [-0.4, -0.2) is 4.92 Å². The van der Waals surface area contributed by atoms with E-state index in [1.807, 2.05) is 26.0 Å². The first kappa shape index (κ1) is 15.5. The Morgan fingerprint density at radius 2 is 1.90 bits per heavy atom. The monoisotopic (exact) mass is 418 g/mol. The van der Waals surface area contributed by atoms with Crippen LogP contribution in [0.4, 0.5) is 11.4 Å². The predicted octanol–water partition coefficient (Wildman–Crippen LogP) is 5.41. The van der Waals surface area contributed by atoms with E-state index in [0.29, 0.717) is 12.2 Å². The van der Waals surface area contributed by atoms with Crippen LogP contribution in [0, 0.1) is 24.0 Å². The second-order valence-corrected chi connectivity index (χ2v) is 7.71. The third-order valence-corrected chi connectivity index (χ3v) is 6.21. The van der Waals surface area contributed by atoms with Crippen molar-refractivity contribution in [1.29, 1.82) is 0 Å². The second kappa shape index (κ2) is 6.24. The smallest absolute Gasteiger partial charge is 0.292 e. The molecule has 1 heterocycles. The Balaban J connectivity index is 2.24. The molecule has 0 fully saturated rings. The zero-order valence-corrected chi connectivity index (χ0v) is 14.9. The number of anilines is 1. The van der Waals surface area contributed by atoms with Crippen molar-refractivity contribution in [2.24, 2.45) is 0 Å². The molecule has 0 atom stereocenters. The van der Waals surface area contributed by atoms with Crippen LogP contribution in [0.2, 0.25) is 0 Å². The van der Waals surface area contributed by atoms with Gasteiger partial charge in [-0.2, -0.15) is 0 Å². The zero-order chi connectivity index (χ0) is 14.9. The third kappa shape index (κ3) is 3.39. The number of rotatable bonds is 4. The molecular formula is C13H12Br2N2O2S. The van der Waals surface area contributed by atoms with Gasteiger partial charge in [0, 0.05) is 22.0 Å². The maximum Gasteiger partial charge on any atom is 0.292 e. The summed E-state index contributed by atoms with van der Waals surface area (Å²) in [5, 5.41) is 14.3. The number of thiophene rings is 1. The summed E-state index contributed by atoms with van der Waals surface area (Å²) in [7, 11) is 0. The molecule has 1 aromatic carbocycles. The number of nitrogens with one attached hydrogen (secondary N) is 1. The Morgan fingerprint density at radius 1 is 1.25 bits per heavy atom. The van der Waals surface area contributed by atoms with E-state index in [9.17, 15) is 10.1 Å². The van der Waals surface area contributed by atoms with Crippen molar-refractivity contribution in [3.63, 3.8) is 0 Å². The molecular weight excluding hydrogens is 408 g/mol. The maximum absolute atomic E-state index is 11.1. The largest absolute Gasteiger partial charge is 0.375 e. The fraction of sp³-hybridized carbons (Fsp3) is 0.231. The Hall–Kier alpha value is -0.920. The number of nitro benzene ring substituents is 1. The zero-order valence-electron chi connectivity index (χ0n) is 10.9. The molecule has 0 amide bonds. The van der Waals surface area contributed by atoms with Gasteiger partial charge in [-0.15, -0.1) is 11.3 Å². The van der Waals surface area contributed by atoms with E-state index in [1.165, 1.54) is 0 Å². The van der Waals surface area contributed by atoms with Gasteiger partial charge >= 0.3 is 0 Å². The second-order valence-electron chi connectivity index (χ2n) is 4.40. The van der Waals surface area contributed by atoms with Gasteiger partial charge in [0.15, 0.2) is 0 Å². The summed E-state index contributed by atoms with van der Waals surface area (Å²) in [5.41, 5.74) is 2.62. The van der Waals surface area contributed by atoms with E-state index in [2.05, 4.69) is 37.2 Å². The predicted molar refractivity (Wildman–Crippen MR) is 89.6 cm³/mol. The van der Waals surface area contributed by atoms with Gasteiger partial charge in [-0.25, -0.2) is 0 Å². The first-order valence-corrected chi connectivity index (χ1v) is 8.22. The average molecular weight is 420 g/mol. The lowest BCUT2D eigenvalue weighted by molar-refractivity contribution is -0.384. The molecule has 106 valence electrons. The molecule has 0 bridgehead atoms. The molecule has 0 aliphatic heterocycles. The highest BCUT2D eigenvalue weighted by Gasteiger charge is 2.15. The highest BCUT2D eigenvalue weighted by molar-refractivity contribution is 9.13. The molecule has 0 spiro atoms. The van der Waals surface area contributed by atoms with Gasteiger partial charge in [-0.05, 0) is 69.0 Å². The quantitative estimate of drug-likeness (QED) is 0.532. The molecule has 0 saturated heterocycles. The molecule has 7 heteroatoms. The lowest BCUT2D eigenvalue weighted by Crippen LogP contribution is -2.02. The lowest BCUT2D eigenvalue weighted by atomic mass is 10.1. The Kier molecular flexibility index (Phi) is 4.82. The summed E-state index contributed by atoms with van der Waals surface area (Å²) in [6, 6.07) is 5.43. The van der Waals surface area contributed by atoms with E-state index < -0.39 is 0 Å². The van der Waals surface area contributed by atoms with Crippen LogP contribution in [0.15, 0.2) is 26.5 Å². The molecule has 4 nitrogen and oxygen atoms in total. The van der Waals surface area contributed by atoms with E-state index in [4.69, 9.17) is 0 Å². The SMILES string of the molecule is Cc1cc(NCc2cc(Br)c(Br)s2)c([N+](=O)[O-])cc1C. The van der Waals surface area contributed by atoms with Gasteiger partial charge in [0.1, 0.15) is 5.69 Å². The van der Waals surface area contributed by atoms with Gasteiger partial charge in [-0.3, -0.25) is 10.1 Å². The summed E-state index contributed by atoms with van der Waals surface area (Å²) < 4.78 is 2.01. The summed E-state index contributed by atoms with van der Waals surface area (Å²) in [5.74, 6) is 0. The van der Waals surface area contributed by atoms with Gasteiger partial charge in [0.05, 0.1) is 8.71 Å². The van der Waals surface area contributed by atoms with Crippen molar-refractivity contribution in [3.05, 3.63) is 52.6 Å². The van der Waals surface area contributed by atoms with Crippen molar-refractivity contribution in [2.45, 2.75) is 20.4 Å². The summed E-state index contributed by atoms with van der Waals surface area (Å²) in [6.45, 7) is 4.38. The highest BCUT2D eigenvalue weighted by atomic mass is 79.9. The van der Waals surface area contributed by atoms with Gasteiger partial charge < -0.3 is 5.32 Å². The number of nitrogens with zero attached hydrogens (tertiary/aromatic N) is 1. The molecule has 0 aliphatic rings. The minimum absolute atomic E-state index is 0.114. The van der Waals surface area contributed by atoms with Crippen LogP contribution in [0.3, 0.4) is 0 Å². The molecule has 0 aliphatic carbocycles. The van der Waals surface area contributed by atoms with Crippen LogP contribution in [-0.2, 0) is 6.54 Å². The summed E-state index contributed by atoms with van der Waals surface area (Å²) in [6.07, 6.45) is 0. The highest BCUT2D eigenvalue weighted by Crippen LogP contribution is 2.34. The molecule has 0 radical (unpaired) electrons. The topological polar surface area (TPSA) is 55.2 Å². The van der Waals surface area contributed by atoms with Crippen LogP contribution < -0.4 is 5.32 Å². The van der Waals surface area contributed by atoms with Crippen molar-refractivity contribution < 1.29 is 4.92 Å². The lowest BCUT2D eigenvalue weighted by Gasteiger charge is -2.08. The normalized spacial score (nSPS) is 10.6. The number of nitro groups is 1. The molecule has 0 saturated carbocycles. The average Bonchev–Trinajstić information content (AvgIpc) is 2.69. The van der Waals surface area contributed by atoms with Crippen LogP contribution in [0.25, 0.3) is 0 Å². The van der Waals surface area contributed by atoms with E-state index in [1.54, 1.807) is 17.4 Å². The van der Waals surface area contributed by atoms with Crippen molar-refractivity contribution in [3.8, 4) is 0 Å². The van der Waals surface area contributed by atoms with Crippen LogP contribution in [0.5, 0.6) is 0 Å². The Labute approximate surface area is 137 Å². The molecule has 2 aromatic rings. The molecule has 0 unspecified atom stereocenters. The van der Waals surface area contributed by atoms with Gasteiger partial charge in [0.2, 0.25) is 0 Å². The minimum Gasteiger partial charge on any atom is -0.375 e. The van der Waals surface area contributed by atoms with Gasteiger partial charge in [-0.1, -0.05) is 0 Å². The fourth-order valence-electron chi connectivity index (χ4n) is 1.75. The van der Waals surface area contributed by atoms with Crippen molar-refractivity contribution >= 4 is 54.6 Å². The number of hydrogen-bond acceptors (Lipinski definition) is 4. The molecule has 2 rings (SSSR count). The fourth-order valence-corrected chi connectivity index (χ4v) is 3.87. The van der Waals surface area contributed by atoms with E-state index in [-0.39, 0.29) is 10.6 Å². The first-order valence-electron chi connectivity index (χ1n) is 5.81. The third-order valence-electron chi connectivity index (χ3n) is 2.96. The van der Waals surface area contributed by atoms with E-state index in [0.717, 1.165) is 24.3 Å². The molecule has 20 heavy (non-hydrogen) atoms. The maximum atomic E-state index is 11.1. The van der Waals surface area contributed by atoms with Gasteiger partial charge in [0.25, 0.3) is 5.69 Å². The van der Waals surface area contributed by atoms with Crippen LogP contribution in [0.1, 0.15) is 16.0 Å². The van der Waals surface area contributed by atoms with Crippen molar-refractivity contribution in [2.75, 3.05) is 5.32 Å². The first-order chi connectivity index (χ1) is 9.38. The standard InChI is InChI=1S/C13H12Br2N2O2S/c1-7-3-11(12(17(18)19)4-8(7)2)16-6-9-5-10(14)13(15)20-9/h3-5,16H,6H2,1-2H3. The Morgan fingerprint density at radius 3 is 2.45 bits per heavy atom. The number of benzene rings is 1. The summed E-state index contributed by atoms with van der Waals surface area (Å²) >= 11 is 8.46. The summed E-state index contributed by atoms with van der Waals surface area (Å²) in [4.78, 5) is 11.8. The Bertz CT molecular complexity index is 651. The van der Waals surface area contributed by atoms with Crippen molar-refractivity contribution in [1.82, 2.24) is 0 Å². The number of hydrogen-bond donors (Lipinski definition) is 1. The minimum atomic E-state index is -0.352. The van der Waals surface area contributed by atoms with E-state index >= 15 is 0 Å². The number of halogens is 2. The van der Waals surface area contributed by atoms with Crippen LogP contribution >= 0.6 is 43.2 Å². The molecule has 1 N–H and O–H groups in total. The molecule has 1 aromatic heterocycles.